The molecule has 0 aliphatic rings. The standard InChI is InChI=1S/C13H16BrN3O/c1-3-9(2)16-8-13(18)17-12-6-11(14)5-4-10(12)7-15/h4-6,9,16H,3,8H2,1-2H3,(H,17,18). The summed E-state index contributed by atoms with van der Waals surface area (Å²) in [6.45, 7) is 4.32. The van der Waals surface area contributed by atoms with Crippen molar-refractivity contribution in [3.05, 3.63) is 28.2 Å². The van der Waals surface area contributed by atoms with E-state index in [4.69, 9.17) is 5.26 Å². The zero-order chi connectivity index (χ0) is 13.5. The van der Waals surface area contributed by atoms with Crippen LogP contribution >= 0.6 is 15.9 Å². The first-order valence-electron chi connectivity index (χ1n) is 5.79. The maximum atomic E-state index is 11.7. The molecule has 0 saturated heterocycles. The van der Waals surface area contributed by atoms with Crippen LogP contribution in [0, 0.1) is 11.3 Å². The van der Waals surface area contributed by atoms with Gasteiger partial charge in [0.1, 0.15) is 6.07 Å². The van der Waals surface area contributed by atoms with Crippen molar-refractivity contribution in [1.82, 2.24) is 5.32 Å². The van der Waals surface area contributed by atoms with Gasteiger partial charge in [-0.05, 0) is 31.5 Å². The van der Waals surface area contributed by atoms with Gasteiger partial charge in [0.2, 0.25) is 5.91 Å². The molecular formula is C13H16BrN3O. The zero-order valence-electron chi connectivity index (χ0n) is 10.5. The molecule has 0 radical (unpaired) electrons. The van der Waals surface area contributed by atoms with Gasteiger partial charge in [-0.25, -0.2) is 0 Å². The molecule has 0 aliphatic carbocycles. The third kappa shape index (κ3) is 4.47. The van der Waals surface area contributed by atoms with Crippen molar-refractivity contribution >= 4 is 27.5 Å². The number of nitriles is 1. The minimum absolute atomic E-state index is 0.148. The van der Waals surface area contributed by atoms with Gasteiger partial charge >= 0.3 is 0 Å². The second kappa shape index (κ2) is 7.14. The molecule has 0 bridgehead atoms. The van der Waals surface area contributed by atoms with Crippen LogP contribution in [0.15, 0.2) is 22.7 Å². The van der Waals surface area contributed by atoms with Gasteiger partial charge in [0, 0.05) is 10.5 Å². The van der Waals surface area contributed by atoms with Gasteiger partial charge in [-0.15, -0.1) is 0 Å². The number of nitrogens with one attached hydrogen (secondary N) is 2. The molecule has 0 fully saturated rings. The van der Waals surface area contributed by atoms with Gasteiger partial charge in [-0.1, -0.05) is 22.9 Å². The highest BCUT2D eigenvalue weighted by molar-refractivity contribution is 9.10. The average molecular weight is 310 g/mol. The molecule has 96 valence electrons. The second-order valence-corrected chi connectivity index (χ2v) is 4.96. The first kappa shape index (κ1) is 14.7. The Morgan fingerprint density at radius 1 is 1.56 bits per heavy atom. The van der Waals surface area contributed by atoms with E-state index in [1.54, 1.807) is 18.2 Å². The number of benzene rings is 1. The summed E-state index contributed by atoms with van der Waals surface area (Å²) in [5.41, 5.74) is 0.984. The number of amides is 1. The lowest BCUT2D eigenvalue weighted by molar-refractivity contribution is -0.115. The number of carbonyl (C=O) groups is 1. The molecule has 4 nitrogen and oxygen atoms in total. The van der Waals surface area contributed by atoms with E-state index in [-0.39, 0.29) is 12.5 Å². The molecule has 1 atom stereocenters. The summed E-state index contributed by atoms with van der Waals surface area (Å²) in [7, 11) is 0. The van der Waals surface area contributed by atoms with E-state index < -0.39 is 0 Å². The fourth-order valence-electron chi connectivity index (χ4n) is 1.32. The first-order valence-corrected chi connectivity index (χ1v) is 6.59. The Morgan fingerprint density at radius 3 is 2.89 bits per heavy atom. The molecule has 5 heteroatoms. The Kier molecular flexibility index (Phi) is 5.83. The summed E-state index contributed by atoms with van der Waals surface area (Å²) >= 11 is 3.31. The number of anilines is 1. The van der Waals surface area contributed by atoms with E-state index >= 15 is 0 Å². The Labute approximate surface area is 116 Å². The van der Waals surface area contributed by atoms with Crippen molar-refractivity contribution in [3.63, 3.8) is 0 Å². The lowest BCUT2D eigenvalue weighted by Crippen LogP contribution is -2.34. The molecule has 1 amide bonds. The predicted octanol–water partition coefficient (Wildman–Crippen LogP) is 2.65. The molecule has 0 spiro atoms. The average Bonchev–Trinajstić information content (AvgIpc) is 2.36. The molecule has 18 heavy (non-hydrogen) atoms. The molecule has 1 rings (SSSR count). The van der Waals surface area contributed by atoms with Crippen molar-refractivity contribution in [3.8, 4) is 6.07 Å². The summed E-state index contributed by atoms with van der Waals surface area (Å²) in [5.74, 6) is -0.148. The van der Waals surface area contributed by atoms with Gasteiger partial charge in [0.15, 0.2) is 0 Å². The number of hydrogen-bond acceptors (Lipinski definition) is 3. The van der Waals surface area contributed by atoms with Crippen molar-refractivity contribution in [2.24, 2.45) is 0 Å². The number of carbonyl (C=O) groups excluding carboxylic acids is 1. The van der Waals surface area contributed by atoms with E-state index in [1.807, 2.05) is 13.0 Å². The minimum Gasteiger partial charge on any atom is -0.324 e. The van der Waals surface area contributed by atoms with Gasteiger partial charge < -0.3 is 10.6 Å². The Balaban J connectivity index is 2.64. The number of nitrogens with zero attached hydrogens (tertiary/aromatic N) is 1. The highest BCUT2D eigenvalue weighted by Gasteiger charge is 2.08. The molecular weight excluding hydrogens is 294 g/mol. The third-order valence-electron chi connectivity index (χ3n) is 2.60. The smallest absolute Gasteiger partial charge is 0.238 e. The van der Waals surface area contributed by atoms with Crippen LogP contribution < -0.4 is 10.6 Å². The Bertz CT molecular complexity index is 468. The van der Waals surface area contributed by atoms with Crippen LogP contribution in [-0.2, 0) is 4.79 Å². The summed E-state index contributed by atoms with van der Waals surface area (Å²) in [5, 5.41) is 14.8. The van der Waals surface area contributed by atoms with Crippen LogP contribution in [0.2, 0.25) is 0 Å². The molecule has 1 aromatic carbocycles. The highest BCUT2D eigenvalue weighted by Crippen LogP contribution is 2.20. The summed E-state index contributed by atoms with van der Waals surface area (Å²) in [6.07, 6.45) is 0.966. The molecule has 1 aromatic rings. The van der Waals surface area contributed by atoms with Gasteiger partial charge in [-0.2, -0.15) is 5.26 Å². The third-order valence-corrected chi connectivity index (χ3v) is 3.09. The van der Waals surface area contributed by atoms with E-state index in [0.29, 0.717) is 17.3 Å². The van der Waals surface area contributed by atoms with Crippen LogP contribution in [0.1, 0.15) is 25.8 Å². The van der Waals surface area contributed by atoms with Crippen LogP contribution in [-0.4, -0.2) is 18.5 Å². The summed E-state index contributed by atoms with van der Waals surface area (Å²) < 4.78 is 0.826. The van der Waals surface area contributed by atoms with Crippen molar-refractivity contribution in [1.29, 1.82) is 5.26 Å². The Morgan fingerprint density at radius 2 is 2.28 bits per heavy atom. The topological polar surface area (TPSA) is 64.9 Å². The monoisotopic (exact) mass is 309 g/mol. The van der Waals surface area contributed by atoms with E-state index in [1.165, 1.54) is 0 Å². The van der Waals surface area contributed by atoms with Gasteiger partial charge in [0.25, 0.3) is 0 Å². The fraction of sp³-hybridized carbons (Fsp3) is 0.385. The minimum atomic E-state index is -0.148. The van der Waals surface area contributed by atoms with Crippen LogP contribution in [0.5, 0.6) is 0 Å². The predicted molar refractivity (Wildman–Crippen MR) is 75.2 cm³/mol. The fourth-order valence-corrected chi connectivity index (χ4v) is 1.68. The van der Waals surface area contributed by atoms with Gasteiger partial charge in [0.05, 0.1) is 17.8 Å². The van der Waals surface area contributed by atoms with Gasteiger partial charge in [-0.3, -0.25) is 4.79 Å². The molecule has 0 saturated carbocycles. The summed E-state index contributed by atoms with van der Waals surface area (Å²) in [6, 6.07) is 7.51. The van der Waals surface area contributed by atoms with Crippen molar-refractivity contribution in [2.45, 2.75) is 26.3 Å². The SMILES string of the molecule is CCC(C)NCC(=O)Nc1cc(Br)ccc1C#N. The molecule has 2 N–H and O–H groups in total. The Hall–Kier alpha value is -1.38. The molecule has 1 unspecified atom stereocenters. The van der Waals surface area contributed by atoms with Crippen molar-refractivity contribution < 1.29 is 4.79 Å². The summed E-state index contributed by atoms with van der Waals surface area (Å²) in [4.78, 5) is 11.7. The number of rotatable bonds is 5. The number of halogens is 1. The zero-order valence-corrected chi connectivity index (χ0v) is 12.0. The lowest BCUT2D eigenvalue weighted by Gasteiger charge is -2.12. The van der Waals surface area contributed by atoms with E-state index in [2.05, 4.69) is 33.5 Å². The molecule has 0 aromatic heterocycles. The first-order chi connectivity index (χ1) is 8.56. The van der Waals surface area contributed by atoms with Crippen LogP contribution in [0.4, 0.5) is 5.69 Å². The quantitative estimate of drug-likeness (QED) is 0.879. The maximum absolute atomic E-state index is 11.7. The van der Waals surface area contributed by atoms with Crippen LogP contribution in [0.25, 0.3) is 0 Å². The normalized spacial score (nSPS) is 11.7. The van der Waals surface area contributed by atoms with E-state index in [9.17, 15) is 4.79 Å². The van der Waals surface area contributed by atoms with Crippen molar-refractivity contribution in [2.75, 3.05) is 11.9 Å². The molecule has 0 heterocycles. The second-order valence-electron chi connectivity index (χ2n) is 4.04. The lowest BCUT2D eigenvalue weighted by atomic mass is 10.2. The number of hydrogen-bond donors (Lipinski definition) is 2. The maximum Gasteiger partial charge on any atom is 0.238 e. The highest BCUT2D eigenvalue weighted by atomic mass is 79.9. The van der Waals surface area contributed by atoms with Crippen LogP contribution in [0.3, 0.4) is 0 Å². The van der Waals surface area contributed by atoms with E-state index in [0.717, 1.165) is 10.9 Å². The largest absolute Gasteiger partial charge is 0.324 e. The molecule has 0 aliphatic heterocycles.